The summed E-state index contributed by atoms with van der Waals surface area (Å²) in [5.74, 6) is 1.47. The number of halogens is 1. The van der Waals surface area contributed by atoms with E-state index in [1.54, 1.807) is 6.20 Å². The normalized spacial score (nSPS) is 18.0. The van der Waals surface area contributed by atoms with Crippen LogP contribution in [0.1, 0.15) is 38.2 Å². The van der Waals surface area contributed by atoms with Crippen molar-refractivity contribution in [2.24, 2.45) is 0 Å². The van der Waals surface area contributed by atoms with Crippen LogP contribution in [0.25, 0.3) is 0 Å². The molecule has 2 heterocycles. The first-order valence-electron chi connectivity index (χ1n) is 8.17. The standard InChI is InChI=1S/C17H22BrN5/c1-3-14-6-4-5-9-23(14)17-21-16(11-19-22-17)20-15-8-7-13(18)10-12(15)2/h7-8,10-11,14H,3-6,9H2,1-2H3,(H,20,21,22). The molecule has 1 aliphatic heterocycles. The Bertz CT molecular complexity index is 676. The third kappa shape index (κ3) is 3.80. The summed E-state index contributed by atoms with van der Waals surface area (Å²) < 4.78 is 1.07. The number of aromatic nitrogens is 3. The van der Waals surface area contributed by atoms with Gasteiger partial charge in [0.05, 0.1) is 6.20 Å². The van der Waals surface area contributed by atoms with Gasteiger partial charge in [-0.05, 0) is 56.4 Å². The highest BCUT2D eigenvalue weighted by atomic mass is 79.9. The Morgan fingerprint density at radius 1 is 1.35 bits per heavy atom. The van der Waals surface area contributed by atoms with Crippen LogP contribution in [0.3, 0.4) is 0 Å². The number of benzene rings is 1. The van der Waals surface area contributed by atoms with Gasteiger partial charge in [-0.25, -0.2) is 0 Å². The molecule has 0 radical (unpaired) electrons. The molecular formula is C17H22BrN5. The van der Waals surface area contributed by atoms with E-state index in [0.29, 0.717) is 6.04 Å². The van der Waals surface area contributed by atoms with E-state index in [1.165, 1.54) is 19.3 Å². The number of anilines is 3. The summed E-state index contributed by atoms with van der Waals surface area (Å²) in [5.41, 5.74) is 2.19. The fourth-order valence-electron chi connectivity index (χ4n) is 3.07. The van der Waals surface area contributed by atoms with Gasteiger partial charge >= 0.3 is 0 Å². The summed E-state index contributed by atoms with van der Waals surface area (Å²) in [4.78, 5) is 6.98. The fraction of sp³-hybridized carbons (Fsp3) is 0.471. The lowest BCUT2D eigenvalue weighted by Gasteiger charge is -2.34. The van der Waals surface area contributed by atoms with Crippen molar-refractivity contribution in [1.29, 1.82) is 0 Å². The molecule has 0 bridgehead atoms. The fourth-order valence-corrected chi connectivity index (χ4v) is 3.55. The highest BCUT2D eigenvalue weighted by Gasteiger charge is 2.23. The molecule has 0 spiro atoms. The summed E-state index contributed by atoms with van der Waals surface area (Å²) >= 11 is 3.49. The first-order chi connectivity index (χ1) is 11.2. The maximum Gasteiger partial charge on any atom is 0.247 e. The number of nitrogens with zero attached hydrogens (tertiary/aromatic N) is 4. The van der Waals surface area contributed by atoms with Crippen LogP contribution in [-0.4, -0.2) is 27.8 Å². The average Bonchev–Trinajstić information content (AvgIpc) is 2.58. The lowest BCUT2D eigenvalue weighted by atomic mass is 10.0. The highest BCUT2D eigenvalue weighted by Crippen LogP contribution is 2.26. The Morgan fingerprint density at radius 2 is 2.22 bits per heavy atom. The molecule has 1 N–H and O–H groups in total. The minimum Gasteiger partial charge on any atom is -0.339 e. The largest absolute Gasteiger partial charge is 0.339 e. The van der Waals surface area contributed by atoms with Crippen molar-refractivity contribution in [2.45, 2.75) is 45.6 Å². The van der Waals surface area contributed by atoms with Gasteiger partial charge in [-0.3, -0.25) is 0 Å². The van der Waals surface area contributed by atoms with Crippen molar-refractivity contribution in [1.82, 2.24) is 15.2 Å². The predicted octanol–water partition coefficient (Wildman–Crippen LogP) is 4.46. The van der Waals surface area contributed by atoms with Crippen LogP contribution in [-0.2, 0) is 0 Å². The number of rotatable bonds is 4. The van der Waals surface area contributed by atoms with Crippen molar-refractivity contribution in [3.05, 3.63) is 34.4 Å². The first kappa shape index (κ1) is 16.2. The van der Waals surface area contributed by atoms with Gasteiger partial charge in [-0.15, -0.1) is 5.10 Å². The van der Waals surface area contributed by atoms with Crippen LogP contribution >= 0.6 is 15.9 Å². The van der Waals surface area contributed by atoms with Crippen molar-refractivity contribution >= 4 is 33.4 Å². The number of nitrogens with one attached hydrogen (secondary N) is 1. The molecule has 23 heavy (non-hydrogen) atoms. The van der Waals surface area contributed by atoms with Crippen LogP contribution < -0.4 is 10.2 Å². The SMILES string of the molecule is CCC1CCCCN1c1nncc(Nc2ccc(Br)cc2C)n1. The van der Waals surface area contributed by atoms with E-state index in [0.717, 1.165) is 40.5 Å². The molecule has 1 unspecified atom stereocenters. The molecule has 0 aliphatic carbocycles. The van der Waals surface area contributed by atoms with Crippen molar-refractivity contribution in [2.75, 3.05) is 16.8 Å². The summed E-state index contributed by atoms with van der Waals surface area (Å²) in [5, 5.41) is 11.8. The lowest BCUT2D eigenvalue weighted by molar-refractivity contribution is 0.442. The average molecular weight is 376 g/mol. The van der Waals surface area contributed by atoms with Gasteiger partial charge in [0.1, 0.15) is 0 Å². The zero-order chi connectivity index (χ0) is 16.2. The van der Waals surface area contributed by atoms with Crippen molar-refractivity contribution in [3.8, 4) is 0 Å². The molecule has 1 aromatic heterocycles. The van der Waals surface area contributed by atoms with Gasteiger partial charge in [0, 0.05) is 22.7 Å². The number of aryl methyl sites for hydroxylation is 1. The zero-order valence-electron chi connectivity index (χ0n) is 13.6. The topological polar surface area (TPSA) is 53.9 Å². The third-order valence-electron chi connectivity index (χ3n) is 4.35. The molecule has 1 aliphatic rings. The molecule has 6 heteroatoms. The number of hydrogen-bond acceptors (Lipinski definition) is 5. The molecule has 1 saturated heterocycles. The zero-order valence-corrected chi connectivity index (χ0v) is 15.2. The monoisotopic (exact) mass is 375 g/mol. The second-order valence-corrected chi connectivity index (χ2v) is 6.89. The quantitative estimate of drug-likeness (QED) is 0.854. The number of hydrogen-bond donors (Lipinski definition) is 1. The van der Waals surface area contributed by atoms with Gasteiger partial charge in [0.2, 0.25) is 5.95 Å². The van der Waals surface area contributed by atoms with E-state index in [1.807, 2.05) is 12.1 Å². The molecule has 2 aromatic rings. The van der Waals surface area contributed by atoms with E-state index in [9.17, 15) is 0 Å². The van der Waals surface area contributed by atoms with Crippen LogP contribution in [0.15, 0.2) is 28.9 Å². The van der Waals surface area contributed by atoms with Gasteiger partial charge < -0.3 is 10.2 Å². The van der Waals surface area contributed by atoms with Crippen LogP contribution in [0.5, 0.6) is 0 Å². The van der Waals surface area contributed by atoms with E-state index >= 15 is 0 Å². The van der Waals surface area contributed by atoms with Gasteiger partial charge in [0.15, 0.2) is 5.82 Å². The molecule has 0 amide bonds. The Morgan fingerprint density at radius 3 is 3.00 bits per heavy atom. The maximum absolute atomic E-state index is 4.68. The van der Waals surface area contributed by atoms with Gasteiger partial charge in [0.25, 0.3) is 0 Å². The highest BCUT2D eigenvalue weighted by molar-refractivity contribution is 9.10. The Balaban J connectivity index is 1.82. The minimum absolute atomic E-state index is 0.523. The van der Waals surface area contributed by atoms with Crippen molar-refractivity contribution in [3.63, 3.8) is 0 Å². The predicted molar refractivity (Wildman–Crippen MR) is 97.3 cm³/mol. The molecule has 0 saturated carbocycles. The Labute approximate surface area is 145 Å². The molecule has 1 atom stereocenters. The van der Waals surface area contributed by atoms with E-state index in [-0.39, 0.29) is 0 Å². The van der Waals surface area contributed by atoms with E-state index in [2.05, 4.69) is 61.2 Å². The van der Waals surface area contributed by atoms with Gasteiger partial charge in [-0.2, -0.15) is 10.1 Å². The lowest BCUT2D eigenvalue weighted by Crippen LogP contribution is -2.40. The molecule has 3 rings (SSSR count). The maximum atomic E-state index is 4.68. The van der Waals surface area contributed by atoms with Gasteiger partial charge in [-0.1, -0.05) is 22.9 Å². The minimum atomic E-state index is 0.523. The molecule has 1 aromatic carbocycles. The first-order valence-corrected chi connectivity index (χ1v) is 8.96. The smallest absolute Gasteiger partial charge is 0.247 e. The second-order valence-electron chi connectivity index (χ2n) is 5.98. The summed E-state index contributed by atoms with van der Waals surface area (Å²) in [6, 6.07) is 6.66. The van der Waals surface area contributed by atoms with E-state index < -0.39 is 0 Å². The van der Waals surface area contributed by atoms with Crippen LogP contribution in [0.4, 0.5) is 17.5 Å². The van der Waals surface area contributed by atoms with E-state index in [4.69, 9.17) is 0 Å². The molecule has 122 valence electrons. The van der Waals surface area contributed by atoms with Crippen LogP contribution in [0.2, 0.25) is 0 Å². The van der Waals surface area contributed by atoms with Crippen LogP contribution in [0, 0.1) is 6.92 Å². The Kier molecular flexibility index (Phi) is 5.10. The Hall–Kier alpha value is -1.69. The number of piperidine rings is 1. The molecular weight excluding hydrogens is 354 g/mol. The second kappa shape index (κ2) is 7.25. The molecule has 1 fully saturated rings. The summed E-state index contributed by atoms with van der Waals surface area (Å²) in [6.07, 6.45) is 6.49. The summed E-state index contributed by atoms with van der Waals surface area (Å²) in [7, 11) is 0. The van der Waals surface area contributed by atoms with Crippen molar-refractivity contribution < 1.29 is 0 Å². The third-order valence-corrected chi connectivity index (χ3v) is 4.85. The summed E-state index contributed by atoms with van der Waals surface area (Å²) in [6.45, 7) is 5.31. The molecule has 5 nitrogen and oxygen atoms in total.